The summed E-state index contributed by atoms with van der Waals surface area (Å²) in [6, 6.07) is 7.49. The summed E-state index contributed by atoms with van der Waals surface area (Å²) in [5.74, 6) is 0.293. The molecule has 1 N–H and O–H groups in total. The number of carbonyl (C=O) groups is 1. The van der Waals surface area contributed by atoms with Gasteiger partial charge in [-0.1, -0.05) is 18.6 Å². The molecule has 0 saturated carbocycles. The molecule has 1 aliphatic rings. The second-order valence-corrected chi connectivity index (χ2v) is 8.18. The molecule has 0 unspecified atom stereocenters. The van der Waals surface area contributed by atoms with Crippen LogP contribution < -0.4 is 10.1 Å². The summed E-state index contributed by atoms with van der Waals surface area (Å²) < 4.78 is 6.62. The minimum atomic E-state index is -0.218. The normalized spacial score (nSPS) is 13.9. The first-order valence-electron chi connectivity index (χ1n) is 8.65. The van der Waals surface area contributed by atoms with Gasteiger partial charge in [0.25, 0.3) is 5.91 Å². The van der Waals surface area contributed by atoms with Gasteiger partial charge in [0, 0.05) is 9.35 Å². The van der Waals surface area contributed by atoms with Crippen molar-refractivity contribution >= 4 is 49.1 Å². The maximum atomic E-state index is 12.3. The largest absolute Gasteiger partial charge is 0.467 e. The second-order valence-electron chi connectivity index (χ2n) is 6.24. The van der Waals surface area contributed by atoms with Gasteiger partial charge in [-0.2, -0.15) is 0 Å². The number of nitrogens with zero attached hydrogens (tertiary/aromatic N) is 2. The Kier molecular flexibility index (Phi) is 5.17. The molecule has 4 rings (SSSR count). The summed E-state index contributed by atoms with van der Waals surface area (Å²) in [6.45, 7) is -0.0853. The van der Waals surface area contributed by atoms with Gasteiger partial charge in [0.15, 0.2) is 6.61 Å². The topological polar surface area (TPSA) is 64.1 Å². The number of ether oxygens (including phenoxy) is 1. The second kappa shape index (κ2) is 7.72. The van der Waals surface area contributed by atoms with Crippen LogP contribution in [0, 0.1) is 0 Å². The lowest BCUT2D eigenvalue weighted by atomic mass is 10.1. The zero-order valence-corrected chi connectivity index (χ0v) is 16.5. The number of aromatic nitrogens is 2. The first-order chi connectivity index (χ1) is 12.7. The van der Waals surface area contributed by atoms with Crippen LogP contribution in [-0.2, 0) is 17.6 Å². The third kappa shape index (κ3) is 3.59. The number of carbonyl (C=O) groups excluding carboxylic acids is 1. The Hall–Kier alpha value is -1.99. The number of para-hydroxylation sites is 1. The van der Waals surface area contributed by atoms with Crippen molar-refractivity contribution < 1.29 is 9.53 Å². The van der Waals surface area contributed by atoms with Gasteiger partial charge in [0.2, 0.25) is 5.88 Å². The van der Waals surface area contributed by atoms with Crippen molar-refractivity contribution in [2.75, 3.05) is 11.9 Å². The number of rotatable bonds is 4. The van der Waals surface area contributed by atoms with Gasteiger partial charge in [-0.25, -0.2) is 9.97 Å². The van der Waals surface area contributed by atoms with Crippen LogP contribution in [0.3, 0.4) is 0 Å². The Labute approximate surface area is 163 Å². The molecule has 26 heavy (non-hydrogen) atoms. The first-order valence-corrected chi connectivity index (χ1v) is 10.3. The Morgan fingerprint density at radius 1 is 1.19 bits per heavy atom. The van der Waals surface area contributed by atoms with Crippen LogP contribution in [-0.4, -0.2) is 22.5 Å². The van der Waals surface area contributed by atoms with E-state index in [1.165, 1.54) is 36.0 Å². The highest BCUT2D eigenvalue weighted by atomic mass is 79.9. The molecule has 0 spiro atoms. The van der Waals surface area contributed by atoms with Gasteiger partial charge >= 0.3 is 0 Å². The van der Waals surface area contributed by atoms with Crippen LogP contribution in [0.4, 0.5) is 5.69 Å². The molecule has 0 atom stereocenters. The number of amides is 1. The molecule has 0 radical (unpaired) electrons. The molecule has 7 heteroatoms. The standard InChI is InChI=1S/C19H18BrN3O2S/c20-13-7-4-5-8-14(13)23-16(24)10-25-18-17-12-6-2-1-3-9-15(12)26-19(17)22-11-21-18/h4-5,7-8,11H,1-3,6,9-10H2,(H,23,24). The van der Waals surface area contributed by atoms with Gasteiger partial charge in [0.1, 0.15) is 11.2 Å². The molecule has 1 amide bonds. The van der Waals surface area contributed by atoms with Crippen LogP contribution in [0.5, 0.6) is 5.88 Å². The lowest BCUT2D eigenvalue weighted by molar-refractivity contribution is -0.118. The highest BCUT2D eigenvalue weighted by Gasteiger charge is 2.20. The number of anilines is 1. The van der Waals surface area contributed by atoms with Gasteiger partial charge in [-0.15, -0.1) is 11.3 Å². The van der Waals surface area contributed by atoms with E-state index in [-0.39, 0.29) is 12.5 Å². The number of hydrogen-bond acceptors (Lipinski definition) is 5. The molecular weight excluding hydrogens is 414 g/mol. The average Bonchev–Trinajstić information content (AvgIpc) is 2.84. The predicted octanol–water partition coefficient (Wildman–Crippen LogP) is 4.74. The van der Waals surface area contributed by atoms with Crippen LogP contribution in [0.25, 0.3) is 10.2 Å². The van der Waals surface area contributed by atoms with Gasteiger partial charge in [-0.05, 0) is 59.3 Å². The smallest absolute Gasteiger partial charge is 0.262 e. The van der Waals surface area contributed by atoms with E-state index in [1.54, 1.807) is 11.3 Å². The van der Waals surface area contributed by atoms with Crippen LogP contribution in [0.2, 0.25) is 0 Å². The highest BCUT2D eigenvalue weighted by Crippen LogP contribution is 2.38. The maximum absolute atomic E-state index is 12.3. The van der Waals surface area contributed by atoms with Crippen molar-refractivity contribution in [1.82, 2.24) is 9.97 Å². The van der Waals surface area contributed by atoms with Gasteiger partial charge in [0.05, 0.1) is 11.1 Å². The molecule has 1 aliphatic carbocycles. The number of aryl methyl sites for hydroxylation is 2. The molecule has 2 aromatic heterocycles. The number of hydrogen-bond donors (Lipinski definition) is 1. The van der Waals surface area contributed by atoms with Crippen molar-refractivity contribution in [2.45, 2.75) is 32.1 Å². The summed E-state index contributed by atoms with van der Waals surface area (Å²) in [4.78, 5) is 23.3. The third-order valence-electron chi connectivity index (χ3n) is 4.45. The average molecular weight is 432 g/mol. The van der Waals surface area contributed by atoms with E-state index >= 15 is 0 Å². The van der Waals surface area contributed by atoms with E-state index < -0.39 is 0 Å². The molecule has 2 heterocycles. The van der Waals surface area contributed by atoms with E-state index in [2.05, 4.69) is 31.2 Å². The third-order valence-corrected chi connectivity index (χ3v) is 6.35. The van der Waals surface area contributed by atoms with E-state index in [0.717, 1.165) is 33.2 Å². The fourth-order valence-corrected chi connectivity index (χ4v) is 4.83. The fourth-order valence-electron chi connectivity index (χ4n) is 3.23. The number of halogens is 1. The summed E-state index contributed by atoms with van der Waals surface area (Å²) in [6.07, 6.45) is 7.29. The SMILES string of the molecule is O=C(COc1ncnc2sc3c(c12)CCCCC3)Nc1ccccc1Br. The molecule has 3 aromatic rings. The number of fused-ring (bicyclic) bond motifs is 3. The molecule has 134 valence electrons. The van der Waals surface area contributed by atoms with Crippen LogP contribution >= 0.6 is 27.3 Å². The van der Waals surface area contributed by atoms with Crippen molar-refractivity contribution in [2.24, 2.45) is 0 Å². The Bertz CT molecular complexity index is 957. The maximum Gasteiger partial charge on any atom is 0.262 e. The van der Waals surface area contributed by atoms with Crippen LogP contribution in [0.15, 0.2) is 35.1 Å². The lowest BCUT2D eigenvalue weighted by Crippen LogP contribution is -2.20. The Morgan fingerprint density at radius 3 is 2.92 bits per heavy atom. The predicted molar refractivity (Wildman–Crippen MR) is 107 cm³/mol. The lowest BCUT2D eigenvalue weighted by Gasteiger charge is -2.09. The molecule has 0 bridgehead atoms. The van der Waals surface area contributed by atoms with Crippen molar-refractivity contribution in [3.05, 3.63) is 45.5 Å². The zero-order valence-electron chi connectivity index (χ0n) is 14.1. The Balaban J connectivity index is 1.53. The number of nitrogens with one attached hydrogen (secondary N) is 1. The summed E-state index contributed by atoms with van der Waals surface area (Å²) >= 11 is 5.15. The van der Waals surface area contributed by atoms with Gasteiger partial charge in [-0.3, -0.25) is 4.79 Å². The quantitative estimate of drug-likeness (QED) is 0.605. The molecule has 5 nitrogen and oxygen atoms in total. The van der Waals surface area contributed by atoms with Crippen molar-refractivity contribution in [3.63, 3.8) is 0 Å². The summed E-state index contributed by atoms with van der Waals surface area (Å²) in [7, 11) is 0. The zero-order chi connectivity index (χ0) is 17.9. The minimum absolute atomic E-state index is 0.0853. The van der Waals surface area contributed by atoms with Gasteiger partial charge < -0.3 is 10.1 Å². The molecule has 1 aromatic carbocycles. The number of benzene rings is 1. The van der Waals surface area contributed by atoms with Crippen molar-refractivity contribution in [3.8, 4) is 5.88 Å². The molecule has 0 aliphatic heterocycles. The fraction of sp³-hybridized carbons (Fsp3) is 0.316. The van der Waals surface area contributed by atoms with E-state index in [4.69, 9.17) is 4.74 Å². The van der Waals surface area contributed by atoms with Crippen molar-refractivity contribution in [1.29, 1.82) is 0 Å². The Morgan fingerprint density at radius 2 is 2.04 bits per heavy atom. The van der Waals surface area contributed by atoms with E-state index in [9.17, 15) is 4.79 Å². The first kappa shape index (κ1) is 17.4. The monoisotopic (exact) mass is 431 g/mol. The molecule has 0 saturated heterocycles. The molecular formula is C19H18BrN3O2S. The van der Waals surface area contributed by atoms with E-state index in [0.29, 0.717) is 5.88 Å². The minimum Gasteiger partial charge on any atom is -0.467 e. The van der Waals surface area contributed by atoms with Crippen LogP contribution in [0.1, 0.15) is 29.7 Å². The highest BCUT2D eigenvalue weighted by molar-refractivity contribution is 9.10. The number of thiophene rings is 1. The summed E-state index contributed by atoms with van der Waals surface area (Å²) in [5, 5.41) is 3.83. The van der Waals surface area contributed by atoms with E-state index in [1.807, 2.05) is 24.3 Å². The summed E-state index contributed by atoms with van der Waals surface area (Å²) in [5.41, 5.74) is 2.03. The molecule has 0 fully saturated rings.